The first-order chi connectivity index (χ1) is 15.7. The van der Waals surface area contributed by atoms with E-state index in [4.69, 9.17) is 4.99 Å². The average molecular weight is 442 g/mol. The van der Waals surface area contributed by atoms with E-state index in [-0.39, 0.29) is 5.91 Å². The van der Waals surface area contributed by atoms with Crippen LogP contribution in [-0.4, -0.2) is 73.5 Å². The summed E-state index contributed by atoms with van der Waals surface area (Å²) in [6.07, 6.45) is 8.01. The van der Waals surface area contributed by atoms with Crippen LogP contribution in [-0.2, 0) is 11.2 Å². The van der Waals surface area contributed by atoms with Crippen LogP contribution >= 0.6 is 0 Å². The van der Waals surface area contributed by atoms with E-state index in [0.29, 0.717) is 18.9 Å². The summed E-state index contributed by atoms with van der Waals surface area (Å²) in [4.78, 5) is 21.9. The van der Waals surface area contributed by atoms with Crippen LogP contribution in [0.5, 0.6) is 0 Å². The van der Waals surface area contributed by atoms with E-state index in [1.165, 1.54) is 44.3 Å². The van der Waals surface area contributed by atoms with Crippen LogP contribution in [0.1, 0.15) is 57.9 Å². The van der Waals surface area contributed by atoms with Crippen LogP contribution in [0.4, 0.5) is 0 Å². The summed E-state index contributed by atoms with van der Waals surface area (Å²) in [6.45, 7) is 11.1. The number of hydrogen-bond acceptors (Lipinski definition) is 3. The van der Waals surface area contributed by atoms with Gasteiger partial charge in [0.15, 0.2) is 5.96 Å². The molecular formula is C26H43N5O. The average Bonchev–Trinajstić information content (AvgIpc) is 3.17. The first-order valence-corrected chi connectivity index (χ1v) is 12.7. The number of nitrogens with zero attached hydrogens (tertiary/aromatic N) is 3. The minimum Gasteiger partial charge on any atom is -0.357 e. The Labute approximate surface area is 194 Å². The van der Waals surface area contributed by atoms with Crippen LogP contribution in [0.2, 0.25) is 0 Å². The summed E-state index contributed by atoms with van der Waals surface area (Å²) in [5, 5.41) is 6.84. The van der Waals surface area contributed by atoms with Crippen LogP contribution in [0, 0.1) is 5.92 Å². The molecular weight excluding hydrogens is 398 g/mol. The fourth-order valence-electron chi connectivity index (χ4n) is 4.80. The number of carbonyl (C=O) groups excluding carboxylic acids is 1. The predicted molar refractivity (Wildman–Crippen MR) is 133 cm³/mol. The fourth-order valence-corrected chi connectivity index (χ4v) is 4.80. The number of piperidine rings is 1. The Morgan fingerprint density at radius 3 is 2.75 bits per heavy atom. The summed E-state index contributed by atoms with van der Waals surface area (Å²) in [6, 6.07) is 11.2. The van der Waals surface area contributed by atoms with Gasteiger partial charge in [0.25, 0.3) is 0 Å². The molecule has 0 aliphatic carbocycles. The molecule has 2 fully saturated rings. The van der Waals surface area contributed by atoms with Gasteiger partial charge in [-0.25, -0.2) is 0 Å². The number of amides is 1. The third kappa shape index (κ3) is 8.12. The normalized spacial score (nSPS) is 22.4. The molecule has 2 aliphatic rings. The minimum atomic E-state index is 0.269. The number of guanidine groups is 1. The monoisotopic (exact) mass is 441 g/mol. The second kappa shape index (κ2) is 13.5. The number of benzene rings is 1. The maximum atomic E-state index is 12.4. The van der Waals surface area contributed by atoms with Gasteiger partial charge in [0, 0.05) is 51.1 Å². The molecule has 32 heavy (non-hydrogen) atoms. The lowest BCUT2D eigenvalue weighted by atomic mass is 10.0. The molecule has 178 valence electrons. The largest absolute Gasteiger partial charge is 0.357 e. The van der Waals surface area contributed by atoms with Crippen LogP contribution in [0.25, 0.3) is 0 Å². The van der Waals surface area contributed by atoms with Crippen molar-refractivity contribution in [2.75, 3.05) is 45.8 Å². The van der Waals surface area contributed by atoms with Gasteiger partial charge in [-0.15, -0.1) is 0 Å². The first-order valence-electron chi connectivity index (χ1n) is 12.7. The molecule has 0 radical (unpaired) electrons. The summed E-state index contributed by atoms with van der Waals surface area (Å²) >= 11 is 0. The number of aliphatic imine (C=N–C) groups is 1. The number of carbonyl (C=O) groups is 1. The van der Waals surface area contributed by atoms with Gasteiger partial charge in [-0.3, -0.25) is 9.79 Å². The molecule has 6 heteroatoms. The molecule has 1 amide bonds. The van der Waals surface area contributed by atoms with Crippen molar-refractivity contribution < 1.29 is 4.79 Å². The number of nitrogens with one attached hydrogen (secondary N) is 2. The Hall–Kier alpha value is -2.08. The van der Waals surface area contributed by atoms with E-state index < -0.39 is 0 Å². The van der Waals surface area contributed by atoms with Gasteiger partial charge < -0.3 is 20.4 Å². The standard InChI is InChI=1S/C26H43N5O/c1-3-27-26(28-15-8-10-17-30-16-9-7-11-22(30)2)29-20-24-19-25(32)31(21-24)18-14-23-12-5-4-6-13-23/h4-6,12-13,22,24H,3,7-11,14-21H2,1-2H3,(H2,27,28,29). The van der Waals surface area contributed by atoms with Gasteiger partial charge in [-0.05, 0) is 64.6 Å². The fraction of sp³-hybridized carbons (Fsp3) is 0.692. The van der Waals surface area contributed by atoms with E-state index in [1.807, 2.05) is 11.0 Å². The molecule has 0 bridgehead atoms. The third-order valence-electron chi connectivity index (χ3n) is 6.76. The lowest BCUT2D eigenvalue weighted by Crippen LogP contribution is -2.39. The van der Waals surface area contributed by atoms with Crippen LogP contribution in [0.15, 0.2) is 35.3 Å². The summed E-state index contributed by atoms with van der Waals surface area (Å²) in [5.41, 5.74) is 1.29. The highest BCUT2D eigenvalue weighted by Gasteiger charge is 2.29. The number of rotatable bonds is 11. The zero-order chi connectivity index (χ0) is 22.6. The van der Waals surface area contributed by atoms with Crippen molar-refractivity contribution in [3.8, 4) is 0 Å². The lowest BCUT2D eigenvalue weighted by molar-refractivity contribution is -0.127. The van der Waals surface area contributed by atoms with Gasteiger partial charge in [0.05, 0.1) is 0 Å². The SMILES string of the molecule is CCNC(=NCC1CC(=O)N(CCc2ccccc2)C1)NCCCCN1CCCCC1C. The highest BCUT2D eigenvalue weighted by Crippen LogP contribution is 2.19. The van der Waals surface area contributed by atoms with Gasteiger partial charge in [-0.1, -0.05) is 36.8 Å². The van der Waals surface area contributed by atoms with Crippen molar-refractivity contribution in [2.45, 2.75) is 64.8 Å². The summed E-state index contributed by atoms with van der Waals surface area (Å²) in [7, 11) is 0. The molecule has 6 nitrogen and oxygen atoms in total. The second-order valence-corrected chi connectivity index (χ2v) is 9.38. The van der Waals surface area contributed by atoms with E-state index in [9.17, 15) is 4.79 Å². The second-order valence-electron chi connectivity index (χ2n) is 9.38. The molecule has 0 aromatic heterocycles. The zero-order valence-corrected chi connectivity index (χ0v) is 20.2. The first kappa shape index (κ1) is 24.6. The van der Waals surface area contributed by atoms with Crippen molar-refractivity contribution in [3.05, 3.63) is 35.9 Å². The maximum Gasteiger partial charge on any atom is 0.223 e. The molecule has 2 aliphatic heterocycles. The van der Waals surface area contributed by atoms with Gasteiger partial charge >= 0.3 is 0 Å². The smallest absolute Gasteiger partial charge is 0.223 e. The highest BCUT2D eigenvalue weighted by atomic mass is 16.2. The number of hydrogen-bond donors (Lipinski definition) is 2. The Kier molecular flexibility index (Phi) is 10.3. The summed E-state index contributed by atoms with van der Waals surface area (Å²) < 4.78 is 0. The molecule has 0 spiro atoms. The van der Waals surface area contributed by atoms with Crippen molar-refractivity contribution in [1.82, 2.24) is 20.4 Å². The van der Waals surface area contributed by atoms with E-state index in [2.05, 4.69) is 53.6 Å². The molecule has 1 aromatic rings. The Bertz CT molecular complexity index is 707. The molecule has 2 heterocycles. The number of likely N-dealkylation sites (tertiary alicyclic amines) is 2. The van der Waals surface area contributed by atoms with Crippen molar-refractivity contribution >= 4 is 11.9 Å². The molecule has 2 unspecified atom stereocenters. The molecule has 0 saturated carbocycles. The van der Waals surface area contributed by atoms with Crippen molar-refractivity contribution in [2.24, 2.45) is 10.9 Å². The van der Waals surface area contributed by atoms with E-state index in [1.54, 1.807) is 0 Å². The maximum absolute atomic E-state index is 12.4. The van der Waals surface area contributed by atoms with Crippen LogP contribution < -0.4 is 10.6 Å². The Morgan fingerprint density at radius 1 is 1.12 bits per heavy atom. The molecule has 2 atom stereocenters. The zero-order valence-electron chi connectivity index (χ0n) is 20.2. The van der Waals surface area contributed by atoms with Gasteiger partial charge in [0.1, 0.15) is 0 Å². The summed E-state index contributed by atoms with van der Waals surface area (Å²) in [5.74, 6) is 1.47. The molecule has 3 rings (SSSR count). The highest BCUT2D eigenvalue weighted by molar-refractivity contribution is 5.80. The quantitative estimate of drug-likeness (QED) is 0.314. The Morgan fingerprint density at radius 2 is 1.97 bits per heavy atom. The molecule has 2 N–H and O–H groups in total. The van der Waals surface area contributed by atoms with E-state index >= 15 is 0 Å². The van der Waals surface area contributed by atoms with Gasteiger partial charge in [0.2, 0.25) is 5.91 Å². The van der Waals surface area contributed by atoms with Gasteiger partial charge in [-0.2, -0.15) is 0 Å². The molecule has 1 aromatic carbocycles. The minimum absolute atomic E-state index is 0.269. The third-order valence-corrected chi connectivity index (χ3v) is 6.76. The van der Waals surface area contributed by atoms with Crippen molar-refractivity contribution in [1.29, 1.82) is 0 Å². The molecule has 2 saturated heterocycles. The number of unbranched alkanes of at least 4 members (excludes halogenated alkanes) is 1. The lowest BCUT2D eigenvalue weighted by Gasteiger charge is -2.33. The topological polar surface area (TPSA) is 60.0 Å². The van der Waals surface area contributed by atoms with E-state index in [0.717, 1.165) is 51.0 Å². The Balaban J connectivity index is 1.35. The van der Waals surface area contributed by atoms with Crippen molar-refractivity contribution in [3.63, 3.8) is 0 Å². The van der Waals surface area contributed by atoms with Crippen LogP contribution in [0.3, 0.4) is 0 Å². The predicted octanol–water partition coefficient (Wildman–Crippen LogP) is 3.29.